The SMILES string of the molecule is N#Cc1cc(Oc2cccc(F)c2)ccn1. The Labute approximate surface area is 91.7 Å². The minimum Gasteiger partial charge on any atom is -0.457 e. The van der Waals surface area contributed by atoms with Gasteiger partial charge >= 0.3 is 0 Å². The maximum absolute atomic E-state index is 12.9. The van der Waals surface area contributed by atoms with Gasteiger partial charge in [-0.3, -0.25) is 0 Å². The predicted molar refractivity (Wildman–Crippen MR) is 55.4 cm³/mol. The lowest BCUT2D eigenvalue weighted by Crippen LogP contribution is -1.87. The zero-order valence-electron chi connectivity index (χ0n) is 8.22. The van der Waals surface area contributed by atoms with Crippen LogP contribution in [0.3, 0.4) is 0 Å². The number of aromatic nitrogens is 1. The highest BCUT2D eigenvalue weighted by molar-refractivity contribution is 5.34. The molecule has 4 heteroatoms. The molecule has 1 aromatic carbocycles. The highest BCUT2D eigenvalue weighted by Gasteiger charge is 2.00. The molecule has 0 bridgehead atoms. The maximum Gasteiger partial charge on any atom is 0.144 e. The second-order valence-corrected chi connectivity index (χ2v) is 3.05. The van der Waals surface area contributed by atoms with Gasteiger partial charge in [0.1, 0.15) is 29.1 Å². The summed E-state index contributed by atoms with van der Waals surface area (Å²) in [6, 6.07) is 10.8. The molecule has 0 saturated carbocycles. The van der Waals surface area contributed by atoms with Crippen molar-refractivity contribution < 1.29 is 9.13 Å². The van der Waals surface area contributed by atoms with Crippen molar-refractivity contribution in [2.75, 3.05) is 0 Å². The maximum atomic E-state index is 12.9. The van der Waals surface area contributed by atoms with Gasteiger partial charge in [0.25, 0.3) is 0 Å². The molecule has 0 unspecified atom stereocenters. The molecular weight excluding hydrogens is 207 g/mol. The minimum absolute atomic E-state index is 0.258. The Bertz CT molecular complexity index is 549. The molecule has 16 heavy (non-hydrogen) atoms. The van der Waals surface area contributed by atoms with E-state index in [4.69, 9.17) is 10.00 Å². The topological polar surface area (TPSA) is 45.9 Å². The van der Waals surface area contributed by atoms with Crippen molar-refractivity contribution in [1.82, 2.24) is 4.98 Å². The summed E-state index contributed by atoms with van der Waals surface area (Å²) in [4.78, 5) is 3.80. The average Bonchev–Trinajstić information content (AvgIpc) is 2.29. The second-order valence-electron chi connectivity index (χ2n) is 3.05. The molecule has 0 radical (unpaired) electrons. The number of hydrogen-bond acceptors (Lipinski definition) is 3. The Kier molecular flexibility index (Phi) is 2.79. The number of rotatable bonds is 2. The van der Waals surface area contributed by atoms with E-state index in [0.717, 1.165) is 0 Å². The minimum atomic E-state index is -0.368. The predicted octanol–water partition coefficient (Wildman–Crippen LogP) is 2.88. The van der Waals surface area contributed by atoms with Crippen LogP contribution in [0.4, 0.5) is 4.39 Å². The van der Waals surface area contributed by atoms with Crippen molar-refractivity contribution >= 4 is 0 Å². The first-order valence-electron chi connectivity index (χ1n) is 4.57. The Morgan fingerprint density at radius 2 is 2.00 bits per heavy atom. The summed E-state index contributed by atoms with van der Waals surface area (Å²) in [5.41, 5.74) is 0.258. The molecule has 0 fully saturated rings. The number of benzene rings is 1. The molecule has 0 aliphatic heterocycles. The lowest BCUT2D eigenvalue weighted by atomic mass is 10.3. The molecule has 1 heterocycles. The zero-order valence-corrected chi connectivity index (χ0v) is 8.22. The van der Waals surface area contributed by atoms with E-state index in [1.165, 1.54) is 24.4 Å². The molecule has 0 aliphatic carbocycles. The van der Waals surface area contributed by atoms with Crippen LogP contribution in [0.2, 0.25) is 0 Å². The third kappa shape index (κ3) is 2.34. The number of ether oxygens (including phenoxy) is 1. The number of nitrogens with zero attached hydrogens (tertiary/aromatic N) is 2. The number of halogens is 1. The van der Waals surface area contributed by atoms with E-state index < -0.39 is 0 Å². The third-order valence-electron chi connectivity index (χ3n) is 1.88. The van der Waals surface area contributed by atoms with E-state index >= 15 is 0 Å². The first-order valence-corrected chi connectivity index (χ1v) is 4.57. The van der Waals surface area contributed by atoms with E-state index in [9.17, 15) is 4.39 Å². The van der Waals surface area contributed by atoms with Gasteiger partial charge in [0.15, 0.2) is 0 Å². The van der Waals surface area contributed by atoms with Crippen molar-refractivity contribution in [3.8, 4) is 17.6 Å². The normalized spacial score (nSPS) is 9.50. The molecule has 0 N–H and O–H groups in total. The molecule has 0 amide bonds. The molecule has 0 saturated heterocycles. The molecule has 0 aliphatic rings. The molecule has 0 atom stereocenters. The van der Waals surface area contributed by atoms with Crippen LogP contribution in [-0.4, -0.2) is 4.98 Å². The Hall–Kier alpha value is -2.41. The van der Waals surface area contributed by atoms with Crippen molar-refractivity contribution in [2.45, 2.75) is 0 Å². The van der Waals surface area contributed by atoms with Crippen LogP contribution >= 0.6 is 0 Å². The van der Waals surface area contributed by atoms with Crippen molar-refractivity contribution in [1.29, 1.82) is 5.26 Å². The van der Waals surface area contributed by atoms with Crippen molar-refractivity contribution in [3.63, 3.8) is 0 Å². The first-order chi connectivity index (χ1) is 7.78. The van der Waals surface area contributed by atoms with Crippen LogP contribution in [0.5, 0.6) is 11.5 Å². The van der Waals surface area contributed by atoms with Crippen LogP contribution < -0.4 is 4.74 Å². The van der Waals surface area contributed by atoms with Crippen LogP contribution in [0, 0.1) is 17.1 Å². The summed E-state index contributed by atoms with van der Waals surface area (Å²) >= 11 is 0. The van der Waals surface area contributed by atoms with Gasteiger partial charge in [-0.2, -0.15) is 5.26 Å². The summed E-state index contributed by atoms with van der Waals surface area (Å²) in [6.07, 6.45) is 1.47. The van der Waals surface area contributed by atoms with Gasteiger partial charge in [0.2, 0.25) is 0 Å². The summed E-state index contributed by atoms with van der Waals surface area (Å²) in [5.74, 6) is 0.472. The number of pyridine rings is 1. The second kappa shape index (κ2) is 4.41. The van der Waals surface area contributed by atoms with E-state index in [1.54, 1.807) is 18.2 Å². The van der Waals surface area contributed by atoms with E-state index in [0.29, 0.717) is 11.5 Å². The summed E-state index contributed by atoms with van der Waals surface area (Å²) in [5, 5.41) is 8.64. The number of hydrogen-bond donors (Lipinski definition) is 0. The monoisotopic (exact) mass is 214 g/mol. The average molecular weight is 214 g/mol. The molecule has 1 aromatic heterocycles. The molecule has 78 valence electrons. The van der Waals surface area contributed by atoms with Gasteiger partial charge in [-0.15, -0.1) is 0 Å². The van der Waals surface area contributed by atoms with Gasteiger partial charge in [0, 0.05) is 18.3 Å². The standard InChI is InChI=1S/C12H7FN2O/c13-9-2-1-3-11(6-9)16-12-4-5-15-10(7-12)8-14/h1-7H. The molecule has 0 spiro atoms. The lowest BCUT2D eigenvalue weighted by Gasteiger charge is -2.04. The molecule has 3 nitrogen and oxygen atoms in total. The van der Waals surface area contributed by atoms with Gasteiger partial charge in [-0.1, -0.05) is 6.07 Å². The fourth-order valence-electron chi connectivity index (χ4n) is 1.20. The molecular formula is C12H7FN2O. The quantitative estimate of drug-likeness (QED) is 0.772. The number of nitriles is 1. The van der Waals surface area contributed by atoms with Gasteiger partial charge in [-0.05, 0) is 18.2 Å². The van der Waals surface area contributed by atoms with Gasteiger partial charge in [0.05, 0.1) is 0 Å². The Morgan fingerprint density at radius 3 is 2.75 bits per heavy atom. The fourth-order valence-corrected chi connectivity index (χ4v) is 1.20. The highest BCUT2D eigenvalue weighted by Crippen LogP contribution is 2.21. The Morgan fingerprint density at radius 1 is 1.19 bits per heavy atom. The van der Waals surface area contributed by atoms with Crippen LogP contribution in [0.1, 0.15) is 5.69 Å². The summed E-state index contributed by atoms with van der Waals surface area (Å²) in [7, 11) is 0. The summed E-state index contributed by atoms with van der Waals surface area (Å²) in [6.45, 7) is 0. The largest absolute Gasteiger partial charge is 0.457 e. The summed E-state index contributed by atoms with van der Waals surface area (Å²) < 4.78 is 18.2. The Balaban J connectivity index is 2.24. The van der Waals surface area contributed by atoms with E-state index in [1.807, 2.05) is 6.07 Å². The lowest BCUT2D eigenvalue weighted by molar-refractivity contribution is 0.476. The van der Waals surface area contributed by atoms with Crippen LogP contribution in [-0.2, 0) is 0 Å². The van der Waals surface area contributed by atoms with Crippen molar-refractivity contribution in [2.24, 2.45) is 0 Å². The molecule has 2 rings (SSSR count). The smallest absolute Gasteiger partial charge is 0.144 e. The zero-order chi connectivity index (χ0) is 11.4. The van der Waals surface area contributed by atoms with E-state index in [2.05, 4.69) is 4.98 Å². The highest BCUT2D eigenvalue weighted by atomic mass is 19.1. The van der Waals surface area contributed by atoms with E-state index in [-0.39, 0.29) is 11.5 Å². The first kappa shape index (κ1) is 10.1. The molecule has 2 aromatic rings. The van der Waals surface area contributed by atoms with Gasteiger partial charge in [-0.25, -0.2) is 9.37 Å². The van der Waals surface area contributed by atoms with Gasteiger partial charge < -0.3 is 4.74 Å². The third-order valence-corrected chi connectivity index (χ3v) is 1.88. The fraction of sp³-hybridized carbons (Fsp3) is 0. The van der Waals surface area contributed by atoms with Crippen LogP contribution in [0.15, 0.2) is 42.6 Å². The van der Waals surface area contributed by atoms with Crippen molar-refractivity contribution in [3.05, 3.63) is 54.1 Å². The van der Waals surface area contributed by atoms with Crippen LogP contribution in [0.25, 0.3) is 0 Å².